The minimum absolute atomic E-state index is 0. The van der Waals surface area contributed by atoms with Gasteiger partial charge in [-0.25, -0.2) is 0 Å². The molecule has 0 aliphatic carbocycles. The summed E-state index contributed by atoms with van der Waals surface area (Å²) in [6.45, 7) is 0. The molecule has 0 aromatic heterocycles. The van der Waals surface area contributed by atoms with E-state index in [1.807, 2.05) is 0 Å². The molecule has 0 radical (unpaired) electrons. The Labute approximate surface area is 55.4 Å². The Bertz CT molecular complexity index is 53.7. The van der Waals surface area contributed by atoms with Gasteiger partial charge in [-0.15, -0.1) is 0 Å². The van der Waals surface area contributed by atoms with Crippen molar-refractivity contribution in [2.45, 2.75) is 0 Å². The predicted molar refractivity (Wildman–Crippen MR) is 6.44 cm³/mol. The van der Waals surface area contributed by atoms with Crippen molar-refractivity contribution in [3.63, 3.8) is 0 Å². The van der Waals surface area contributed by atoms with Crippen molar-refractivity contribution in [1.82, 2.24) is 0 Å². The third kappa shape index (κ3) is 61.4. The molecule has 6 heteroatoms. The van der Waals surface area contributed by atoms with Crippen molar-refractivity contribution in [2.24, 2.45) is 0 Å². The Hall–Kier alpha value is 1.24. The SMILES string of the molecule is [Nb+3].[O]=[Sb]([O-])([O-])[O-]. The molecule has 6 heavy (non-hydrogen) atoms. The molecule has 0 fully saturated rings. The summed E-state index contributed by atoms with van der Waals surface area (Å²) in [6.07, 6.45) is 0. The van der Waals surface area contributed by atoms with E-state index in [9.17, 15) is 0 Å². The zero-order valence-corrected chi connectivity index (χ0v) is 7.28. The molecule has 0 N–H and O–H groups in total. The molecule has 0 rings (SSSR count). The molecule has 0 saturated heterocycles. The van der Waals surface area contributed by atoms with Gasteiger partial charge >= 0.3 is 55.6 Å². The second-order valence-corrected chi connectivity index (χ2v) is 3.00. The van der Waals surface area contributed by atoms with Crippen LogP contribution < -0.4 is 10.2 Å². The van der Waals surface area contributed by atoms with E-state index in [1.165, 1.54) is 0 Å². The van der Waals surface area contributed by atoms with Crippen LogP contribution in [0.3, 0.4) is 0 Å². The summed E-state index contributed by atoms with van der Waals surface area (Å²) in [6, 6.07) is 0. The van der Waals surface area contributed by atoms with Crippen molar-refractivity contribution in [3.8, 4) is 0 Å². The summed E-state index contributed by atoms with van der Waals surface area (Å²) < 4.78 is 34.6. The van der Waals surface area contributed by atoms with Crippen molar-refractivity contribution in [2.75, 3.05) is 0 Å². The topological polar surface area (TPSA) is 86.2 Å². The van der Waals surface area contributed by atoms with Crippen LogP contribution in [-0.2, 0) is 25.4 Å². The minimum atomic E-state index is -6.10. The van der Waals surface area contributed by atoms with Crippen LogP contribution >= 0.6 is 0 Å². The Morgan fingerprint density at radius 2 is 1.17 bits per heavy atom. The first-order valence-corrected chi connectivity index (χ1v) is 4.90. The van der Waals surface area contributed by atoms with E-state index in [2.05, 4.69) is 0 Å². The molecule has 4 nitrogen and oxygen atoms in total. The Kier molecular flexibility index (Phi) is 5.59. The van der Waals surface area contributed by atoms with Gasteiger partial charge in [0, 0.05) is 0 Å². The van der Waals surface area contributed by atoms with Crippen LogP contribution in [0.5, 0.6) is 0 Å². The first kappa shape index (κ1) is 10.3. The van der Waals surface area contributed by atoms with Crippen LogP contribution in [-0.4, -0.2) is 20.1 Å². The standard InChI is InChI=1S/Nb.4O.Sb/q+3;;3*-1;. The van der Waals surface area contributed by atoms with Gasteiger partial charge in [-0.1, -0.05) is 0 Å². The van der Waals surface area contributed by atoms with Gasteiger partial charge in [0.2, 0.25) is 0 Å². The molecule has 0 aromatic carbocycles. The summed E-state index contributed by atoms with van der Waals surface area (Å²) in [5.41, 5.74) is 0. The second-order valence-electron chi connectivity index (χ2n) is 0.447. The van der Waals surface area contributed by atoms with Gasteiger partial charge in [-0.05, 0) is 0 Å². The molecular weight excluding hydrogens is 279 g/mol. The van der Waals surface area contributed by atoms with Crippen LogP contribution in [0.15, 0.2) is 0 Å². The van der Waals surface area contributed by atoms with Crippen molar-refractivity contribution in [3.05, 3.63) is 0 Å². The average molecular weight is 279 g/mol. The zero-order chi connectivity index (χ0) is 4.50. The first-order chi connectivity index (χ1) is 2.00. The Morgan fingerprint density at radius 1 is 1.17 bits per heavy atom. The molecule has 0 heterocycles. The van der Waals surface area contributed by atoms with Gasteiger partial charge in [-0.2, -0.15) is 0 Å². The molecule has 0 bridgehead atoms. The van der Waals surface area contributed by atoms with Gasteiger partial charge in [-0.3, -0.25) is 0 Å². The normalized spacial score (nSPS) is 9.83. The second kappa shape index (κ2) is 3.27. The number of hydrogen-bond acceptors (Lipinski definition) is 4. The van der Waals surface area contributed by atoms with Crippen LogP contribution in [0.2, 0.25) is 0 Å². The van der Waals surface area contributed by atoms with Crippen LogP contribution in [0.4, 0.5) is 0 Å². The van der Waals surface area contributed by atoms with Crippen molar-refractivity contribution >= 4 is 20.1 Å². The molecule has 0 amide bonds. The molecule has 0 aliphatic rings. The molecule has 0 atom stereocenters. The van der Waals surface area contributed by atoms with Gasteiger partial charge < -0.3 is 0 Å². The fraction of sp³-hybridized carbons (Fsp3) is 0. The molecular formula is NbO4Sb. The zero-order valence-electron chi connectivity index (χ0n) is 2.53. The van der Waals surface area contributed by atoms with Crippen LogP contribution in [0.25, 0.3) is 0 Å². The monoisotopic (exact) mass is 278 g/mol. The van der Waals surface area contributed by atoms with E-state index < -0.39 is 20.1 Å². The van der Waals surface area contributed by atoms with E-state index >= 15 is 0 Å². The quantitative estimate of drug-likeness (QED) is 0.422. The summed E-state index contributed by atoms with van der Waals surface area (Å²) in [5.74, 6) is 0. The van der Waals surface area contributed by atoms with Gasteiger partial charge in [0.15, 0.2) is 0 Å². The third-order valence-corrected chi connectivity index (χ3v) is 0. The molecule has 0 saturated carbocycles. The van der Waals surface area contributed by atoms with Crippen molar-refractivity contribution in [1.29, 1.82) is 0 Å². The molecule has 34 valence electrons. The first-order valence-electron chi connectivity index (χ1n) is 0.730. The summed E-state index contributed by atoms with van der Waals surface area (Å²) >= 11 is -6.10. The average Bonchev–Trinajstić information content (AvgIpc) is 0.722. The number of rotatable bonds is 0. The van der Waals surface area contributed by atoms with E-state index in [0.717, 1.165) is 0 Å². The fourth-order valence-corrected chi connectivity index (χ4v) is 0. The van der Waals surface area contributed by atoms with E-state index in [4.69, 9.17) is 13.2 Å². The summed E-state index contributed by atoms with van der Waals surface area (Å²) in [7, 11) is 0. The van der Waals surface area contributed by atoms with Crippen LogP contribution in [0, 0.1) is 0 Å². The maximum absolute atomic E-state index is 8.64. The summed E-state index contributed by atoms with van der Waals surface area (Å²) in [4.78, 5) is 0. The van der Waals surface area contributed by atoms with E-state index in [1.54, 1.807) is 0 Å². The van der Waals surface area contributed by atoms with Gasteiger partial charge in [0.1, 0.15) is 0 Å². The van der Waals surface area contributed by atoms with E-state index in [-0.39, 0.29) is 22.4 Å². The maximum atomic E-state index is 8.64. The molecule has 0 aliphatic heterocycles. The molecule has 0 spiro atoms. The predicted octanol–water partition coefficient (Wildman–Crippen LogP) is -4.07. The Balaban J connectivity index is 0. The fourth-order valence-electron chi connectivity index (χ4n) is 0. The van der Waals surface area contributed by atoms with E-state index in [0.29, 0.717) is 0 Å². The van der Waals surface area contributed by atoms with Gasteiger partial charge in [0.05, 0.1) is 0 Å². The molecule has 0 aromatic rings. The molecule has 0 unspecified atom stereocenters. The van der Waals surface area contributed by atoms with Crippen LogP contribution in [0.1, 0.15) is 0 Å². The number of hydrogen-bond donors (Lipinski definition) is 0. The third-order valence-electron chi connectivity index (χ3n) is 0. The van der Waals surface area contributed by atoms with Gasteiger partial charge in [0.25, 0.3) is 0 Å². The Morgan fingerprint density at radius 3 is 1.17 bits per heavy atom. The summed E-state index contributed by atoms with van der Waals surface area (Å²) in [5, 5.41) is 0. The van der Waals surface area contributed by atoms with Crippen molar-refractivity contribution < 1.29 is 35.6 Å².